The van der Waals surface area contributed by atoms with Crippen molar-refractivity contribution in [2.75, 3.05) is 5.73 Å². The molecule has 0 aliphatic carbocycles. The van der Waals surface area contributed by atoms with Gasteiger partial charge in [-0.05, 0) is 12.1 Å². The Labute approximate surface area is 94.3 Å². The lowest BCUT2D eigenvalue weighted by molar-refractivity contribution is -0.137. The van der Waals surface area contributed by atoms with Crippen LogP contribution in [0.15, 0.2) is 30.7 Å². The van der Waals surface area contributed by atoms with Gasteiger partial charge < -0.3 is 5.73 Å². The summed E-state index contributed by atoms with van der Waals surface area (Å²) >= 11 is 0. The molecule has 0 amide bonds. The van der Waals surface area contributed by atoms with E-state index in [0.29, 0.717) is 0 Å². The van der Waals surface area contributed by atoms with Crippen molar-refractivity contribution in [1.29, 1.82) is 0 Å². The van der Waals surface area contributed by atoms with Crippen molar-refractivity contribution in [3.05, 3.63) is 36.3 Å². The van der Waals surface area contributed by atoms with Crippen molar-refractivity contribution in [1.82, 2.24) is 15.0 Å². The molecule has 2 rings (SSSR count). The standard InChI is InChI=1S/C10H7F3N4/c11-10(12,13)6-3-7(17-9(14)4-6)8-5-15-1-2-16-8/h1-5H,(H2,14,17). The Morgan fingerprint density at radius 1 is 1.06 bits per heavy atom. The first-order chi connectivity index (χ1) is 7.97. The van der Waals surface area contributed by atoms with Gasteiger partial charge in [-0.3, -0.25) is 9.97 Å². The molecule has 0 unspecified atom stereocenters. The smallest absolute Gasteiger partial charge is 0.384 e. The molecular formula is C10H7F3N4. The van der Waals surface area contributed by atoms with Crippen LogP contribution in [0, 0.1) is 0 Å². The van der Waals surface area contributed by atoms with E-state index in [1.807, 2.05) is 0 Å². The molecular weight excluding hydrogens is 233 g/mol. The number of rotatable bonds is 1. The molecule has 0 saturated heterocycles. The second kappa shape index (κ2) is 4.00. The summed E-state index contributed by atoms with van der Waals surface area (Å²) in [5.41, 5.74) is 4.77. The number of halogens is 3. The normalized spacial score (nSPS) is 11.5. The second-order valence-corrected chi connectivity index (χ2v) is 3.25. The fourth-order valence-electron chi connectivity index (χ4n) is 1.28. The van der Waals surface area contributed by atoms with Gasteiger partial charge in [-0.1, -0.05) is 0 Å². The summed E-state index contributed by atoms with van der Waals surface area (Å²) in [6, 6.07) is 1.67. The van der Waals surface area contributed by atoms with Crippen molar-refractivity contribution in [3.63, 3.8) is 0 Å². The van der Waals surface area contributed by atoms with Gasteiger partial charge in [0, 0.05) is 12.4 Å². The fraction of sp³-hybridized carbons (Fsp3) is 0.100. The number of hydrogen-bond donors (Lipinski definition) is 1. The van der Waals surface area contributed by atoms with Crippen molar-refractivity contribution in [3.8, 4) is 11.4 Å². The fourth-order valence-corrected chi connectivity index (χ4v) is 1.28. The Bertz CT molecular complexity index is 525. The molecule has 0 fully saturated rings. The molecule has 0 radical (unpaired) electrons. The summed E-state index contributed by atoms with van der Waals surface area (Å²) in [6.45, 7) is 0. The van der Waals surface area contributed by atoms with Gasteiger partial charge in [-0.2, -0.15) is 13.2 Å². The van der Waals surface area contributed by atoms with E-state index in [1.165, 1.54) is 18.6 Å². The third-order valence-corrected chi connectivity index (χ3v) is 2.00. The summed E-state index contributed by atoms with van der Waals surface area (Å²) in [5, 5.41) is 0. The first-order valence-electron chi connectivity index (χ1n) is 4.58. The quantitative estimate of drug-likeness (QED) is 0.829. The SMILES string of the molecule is Nc1cc(C(F)(F)F)cc(-c2cnccn2)n1. The lowest BCUT2D eigenvalue weighted by Gasteiger charge is -2.09. The molecule has 17 heavy (non-hydrogen) atoms. The van der Waals surface area contributed by atoms with Crippen LogP contribution in [-0.4, -0.2) is 15.0 Å². The number of nitrogen functional groups attached to an aromatic ring is 1. The van der Waals surface area contributed by atoms with Crippen LogP contribution in [0.1, 0.15) is 5.56 Å². The van der Waals surface area contributed by atoms with Gasteiger partial charge in [0.15, 0.2) is 0 Å². The Morgan fingerprint density at radius 2 is 1.82 bits per heavy atom. The average molecular weight is 240 g/mol. The van der Waals surface area contributed by atoms with Crippen LogP contribution in [-0.2, 0) is 6.18 Å². The van der Waals surface area contributed by atoms with Crippen LogP contribution in [0.3, 0.4) is 0 Å². The van der Waals surface area contributed by atoms with Crippen LogP contribution in [0.4, 0.5) is 19.0 Å². The Hall–Kier alpha value is -2.18. The molecule has 0 bridgehead atoms. The molecule has 4 nitrogen and oxygen atoms in total. The van der Waals surface area contributed by atoms with E-state index >= 15 is 0 Å². The highest BCUT2D eigenvalue weighted by atomic mass is 19.4. The lowest BCUT2D eigenvalue weighted by Crippen LogP contribution is -2.07. The maximum Gasteiger partial charge on any atom is 0.416 e. The molecule has 7 heteroatoms. The second-order valence-electron chi connectivity index (χ2n) is 3.25. The van der Waals surface area contributed by atoms with Crippen molar-refractivity contribution in [2.45, 2.75) is 6.18 Å². The minimum absolute atomic E-state index is 0.0467. The van der Waals surface area contributed by atoms with Crippen LogP contribution in [0.5, 0.6) is 0 Å². The predicted molar refractivity (Wildman–Crippen MR) is 54.7 cm³/mol. The Morgan fingerprint density at radius 3 is 2.41 bits per heavy atom. The number of alkyl halides is 3. The molecule has 0 aliphatic rings. The molecule has 2 N–H and O–H groups in total. The summed E-state index contributed by atoms with van der Waals surface area (Å²) in [5.74, 6) is -0.208. The van der Waals surface area contributed by atoms with E-state index < -0.39 is 11.7 Å². The molecule has 0 spiro atoms. The molecule has 88 valence electrons. The molecule has 0 saturated carbocycles. The zero-order valence-corrected chi connectivity index (χ0v) is 8.44. The van der Waals surface area contributed by atoms with Crippen molar-refractivity contribution in [2.24, 2.45) is 0 Å². The highest BCUT2D eigenvalue weighted by Crippen LogP contribution is 2.32. The minimum Gasteiger partial charge on any atom is -0.384 e. The first-order valence-corrected chi connectivity index (χ1v) is 4.58. The number of nitrogens with two attached hydrogens (primary N) is 1. The molecule has 0 atom stereocenters. The van der Waals surface area contributed by atoms with Crippen molar-refractivity contribution < 1.29 is 13.2 Å². The maximum absolute atomic E-state index is 12.5. The van der Waals surface area contributed by atoms with Gasteiger partial charge in [-0.15, -0.1) is 0 Å². The van der Waals surface area contributed by atoms with Crippen molar-refractivity contribution >= 4 is 5.82 Å². The van der Waals surface area contributed by atoms with Gasteiger partial charge >= 0.3 is 6.18 Å². The molecule has 2 heterocycles. The number of hydrogen-bond acceptors (Lipinski definition) is 4. The maximum atomic E-state index is 12.5. The summed E-state index contributed by atoms with van der Waals surface area (Å²) in [6.07, 6.45) is -0.357. The van der Waals surface area contributed by atoms with E-state index in [0.717, 1.165) is 12.1 Å². The third kappa shape index (κ3) is 2.49. The van der Waals surface area contributed by atoms with E-state index in [-0.39, 0.29) is 17.2 Å². The Kier molecular flexibility index (Phi) is 2.66. The van der Waals surface area contributed by atoms with E-state index in [9.17, 15) is 13.2 Å². The zero-order valence-electron chi connectivity index (χ0n) is 8.44. The first kappa shape index (κ1) is 11.3. The number of nitrogens with zero attached hydrogens (tertiary/aromatic N) is 3. The number of anilines is 1. The van der Waals surface area contributed by atoms with Crippen LogP contribution >= 0.6 is 0 Å². The number of pyridine rings is 1. The summed E-state index contributed by atoms with van der Waals surface area (Å²) in [4.78, 5) is 11.4. The van der Waals surface area contributed by atoms with Crippen LogP contribution < -0.4 is 5.73 Å². The van der Waals surface area contributed by atoms with Crippen LogP contribution in [0.2, 0.25) is 0 Å². The number of aromatic nitrogens is 3. The van der Waals surface area contributed by atoms with Crippen LogP contribution in [0.25, 0.3) is 11.4 Å². The highest BCUT2D eigenvalue weighted by molar-refractivity contribution is 5.57. The third-order valence-electron chi connectivity index (χ3n) is 2.00. The topological polar surface area (TPSA) is 64.7 Å². The molecule has 2 aromatic rings. The largest absolute Gasteiger partial charge is 0.416 e. The molecule has 2 aromatic heterocycles. The monoisotopic (exact) mass is 240 g/mol. The minimum atomic E-state index is -4.46. The lowest BCUT2D eigenvalue weighted by atomic mass is 10.2. The predicted octanol–water partition coefficient (Wildman–Crippen LogP) is 2.14. The van der Waals surface area contributed by atoms with Gasteiger partial charge in [0.2, 0.25) is 0 Å². The van der Waals surface area contributed by atoms with Gasteiger partial charge in [0.1, 0.15) is 11.5 Å². The summed E-state index contributed by atoms with van der Waals surface area (Å²) in [7, 11) is 0. The highest BCUT2D eigenvalue weighted by Gasteiger charge is 2.31. The van der Waals surface area contributed by atoms with Gasteiger partial charge in [0.05, 0.1) is 17.5 Å². The molecule has 0 aliphatic heterocycles. The summed E-state index contributed by atoms with van der Waals surface area (Å²) < 4.78 is 37.6. The Balaban J connectivity index is 2.54. The average Bonchev–Trinajstić information content (AvgIpc) is 2.28. The van der Waals surface area contributed by atoms with Gasteiger partial charge in [-0.25, -0.2) is 4.98 Å². The van der Waals surface area contributed by atoms with E-state index in [1.54, 1.807) is 0 Å². The van der Waals surface area contributed by atoms with Gasteiger partial charge in [0.25, 0.3) is 0 Å². The van der Waals surface area contributed by atoms with E-state index in [2.05, 4.69) is 15.0 Å². The van der Waals surface area contributed by atoms with E-state index in [4.69, 9.17) is 5.73 Å². The molecule has 0 aromatic carbocycles. The zero-order chi connectivity index (χ0) is 12.5.